The Labute approximate surface area is 198 Å². The highest BCUT2D eigenvalue weighted by Gasteiger charge is 2.52. The van der Waals surface area contributed by atoms with Crippen LogP contribution in [0.4, 0.5) is 0 Å². The van der Waals surface area contributed by atoms with Crippen molar-refractivity contribution in [3.63, 3.8) is 0 Å². The second kappa shape index (κ2) is 16.5. The SMILES string of the molecule is CCCCO[Si](OCCCC)(OCCCC)C(CC)OC(CC)OC1(CC)OCC(C)O1. The van der Waals surface area contributed by atoms with E-state index in [0.717, 1.165) is 38.5 Å². The molecule has 192 valence electrons. The Bertz CT molecular complexity index is 441. The van der Waals surface area contributed by atoms with Gasteiger partial charge in [-0.25, -0.2) is 0 Å². The van der Waals surface area contributed by atoms with Crippen LogP contribution in [-0.2, 0) is 32.2 Å². The molecule has 0 radical (unpaired) electrons. The van der Waals surface area contributed by atoms with Gasteiger partial charge in [-0.05, 0) is 39.0 Å². The van der Waals surface area contributed by atoms with E-state index in [0.29, 0.717) is 45.7 Å². The van der Waals surface area contributed by atoms with Crippen LogP contribution >= 0.6 is 0 Å². The minimum absolute atomic E-state index is 0.00461. The van der Waals surface area contributed by atoms with Gasteiger partial charge in [-0.15, -0.1) is 0 Å². The Morgan fingerprint density at radius 2 is 1.38 bits per heavy atom. The minimum atomic E-state index is -3.10. The van der Waals surface area contributed by atoms with Gasteiger partial charge in [-0.2, -0.15) is 0 Å². The second-order valence-corrected chi connectivity index (χ2v) is 11.2. The fraction of sp³-hybridized carbons (Fsp3) is 1.00. The average molecular weight is 479 g/mol. The fourth-order valence-corrected chi connectivity index (χ4v) is 6.36. The first-order valence-corrected chi connectivity index (χ1v) is 14.8. The summed E-state index contributed by atoms with van der Waals surface area (Å²) >= 11 is 0. The van der Waals surface area contributed by atoms with Crippen LogP contribution < -0.4 is 0 Å². The van der Waals surface area contributed by atoms with Gasteiger partial charge in [0, 0.05) is 26.2 Å². The lowest BCUT2D eigenvalue weighted by molar-refractivity contribution is -0.389. The van der Waals surface area contributed by atoms with E-state index in [1.165, 1.54) is 0 Å². The van der Waals surface area contributed by atoms with Gasteiger partial charge in [0.25, 0.3) is 5.97 Å². The van der Waals surface area contributed by atoms with Crippen molar-refractivity contribution in [2.24, 2.45) is 0 Å². The molecule has 32 heavy (non-hydrogen) atoms. The predicted molar refractivity (Wildman–Crippen MR) is 128 cm³/mol. The molecule has 1 heterocycles. The first-order chi connectivity index (χ1) is 15.4. The number of hydrogen-bond acceptors (Lipinski definition) is 7. The van der Waals surface area contributed by atoms with E-state index in [1.807, 2.05) is 20.8 Å². The van der Waals surface area contributed by atoms with Crippen molar-refractivity contribution in [2.45, 2.75) is 130 Å². The molecule has 0 aliphatic carbocycles. The first kappa shape index (κ1) is 30.0. The topological polar surface area (TPSA) is 64.6 Å². The molecule has 0 aromatic carbocycles. The second-order valence-electron chi connectivity index (χ2n) is 8.47. The molecule has 4 atom stereocenters. The zero-order valence-electron chi connectivity index (χ0n) is 21.8. The van der Waals surface area contributed by atoms with E-state index in [4.69, 9.17) is 32.2 Å². The van der Waals surface area contributed by atoms with Crippen LogP contribution in [0.3, 0.4) is 0 Å². The molecule has 8 heteroatoms. The molecule has 1 fully saturated rings. The van der Waals surface area contributed by atoms with Gasteiger partial charge in [0.1, 0.15) is 5.73 Å². The van der Waals surface area contributed by atoms with E-state index in [1.54, 1.807) is 0 Å². The maximum absolute atomic E-state index is 6.54. The molecule has 1 aliphatic rings. The molecule has 1 aliphatic heterocycles. The van der Waals surface area contributed by atoms with Crippen molar-refractivity contribution in [3.8, 4) is 0 Å². The van der Waals surface area contributed by atoms with Crippen molar-refractivity contribution in [1.82, 2.24) is 0 Å². The molecule has 1 rings (SSSR count). The maximum Gasteiger partial charge on any atom is 0.531 e. The average Bonchev–Trinajstić information content (AvgIpc) is 3.17. The predicted octanol–water partition coefficient (Wildman–Crippen LogP) is 5.96. The van der Waals surface area contributed by atoms with Gasteiger partial charge in [-0.1, -0.05) is 60.8 Å². The number of hydrogen-bond donors (Lipinski definition) is 0. The summed E-state index contributed by atoms with van der Waals surface area (Å²) in [5.74, 6) is -1.06. The van der Waals surface area contributed by atoms with Gasteiger partial charge < -0.3 is 27.5 Å². The molecule has 0 saturated carbocycles. The summed E-state index contributed by atoms with van der Waals surface area (Å²) in [6.45, 7) is 16.9. The minimum Gasteiger partial charge on any atom is -0.372 e. The van der Waals surface area contributed by atoms with E-state index in [-0.39, 0.29) is 11.8 Å². The van der Waals surface area contributed by atoms with Crippen molar-refractivity contribution in [3.05, 3.63) is 0 Å². The molecule has 7 nitrogen and oxygen atoms in total. The normalized spacial score (nSPS) is 23.5. The number of unbranched alkanes of at least 4 members (excludes halogenated alkanes) is 3. The van der Waals surface area contributed by atoms with Crippen LogP contribution in [0.15, 0.2) is 0 Å². The molecule has 0 aromatic heterocycles. The lowest BCUT2D eigenvalue weighted by Crippen LogP contribution is -2.59. The third-order valence-corrected chi connectivity index (χ3v) is 8.63. The molecular weight excluding hydrogens is 428 g/mol. The third-order valence-electron chi connectivity index (χ3n) is 5.48. The smallest absolute Gasteiger partial charge is 0.372 e. The molecule has 1 saturated heterocycles. The van der Waals surface area contributed by atoms with Gasteiger partial charge in [0.2, 0.25) is 0 Å². The quantitative estimate of drug-likeness (QED) is 0.121. The summed E-state index contributed by atoms with van der Waals surface area (Å²) < 4.78 is 44.0. The molecule has 0 bridgehead atoms. The fourth-order valence-electron chi connectivity index (χ4n) is 3.45. The highest BCUT2D eigenvalue weighted by Crippen LogP contribution is 2.32. The summed E-state index contributed by atoms with van der Waals surface area (Å²) in [5.41, 5.74) is -0.314. The summed E-state index contributed by atoms with van der Waals surface area (Å²) in [6.07, 6.45) is 7.50. The first-order valence-electron chi connectivity index (χ1n) is 13.0. The van der Waals surface area contributed by atoms with Crippen LogP contribution in [-0.4, -0.2) is 59.3 Å². The molecule has 0 spiro atoms. The molecule has 0 amide bonds. The van der Waals surface area contributed by atoms with Crippen molar-refractivity contribution >= 4 is 8.80 Å². The van der Waals surface area contributed by atoms with Gasteiger partial charge in [-0.3, -0.25) is 4.74 Å². The highest BCUT2D eigenvalue weighted by molar-refractivity contribution is 6.62. The maximum atomic E-state index is 6.54. The van der Waals surface area contributed by atoms with E-state index < -0.39 is 21.1 Å². The summed E-state index contributed by atoms with van der Waals surface area (Å²) in [7, 11) is -3.10. The van der Waals surface area contributed by atoms with Gasteiger partial charge in [0.15, 0.2) is 6.29 Å². The van der Waals surface area contributed by atoms with Crippen LogP contribution in [0.2, 0.25) is 0 Å². The molecular formula is C24H50O7Si. The molecule has 0 aromatic rings. The zero-order valence-corrected chi connectivity index (χ0v) is 22.8. The Morgan fingerprint density at radius 1 is 0.844 bits per heavy atom. The van der Waals surface area contributed by atoms with Crippen LogP contribution in [0, 0.1) is 0 Å². The lowest BCUT2D eigenvalue weighted by atomic mass is 10.4. The van der Waals surface area contributed by atoms with Crippen molar-refractivity contribution in [2.75, 3.05) is 26.4 Å². The Morgan fingerprint density at radius 3 is 1.72 bits per heavy atom. The molecule has 0 N–H and O–H groups in total. The van der Waals surface area contributed by atoms with Crippen molar-refractivity contribution in [1.29, 1.82) is 0 Å². The Balaban J connectivity index is 3.04. The number of ether oxygens (including phenoxy) is 4. The zero-order chi connectivity index (χ0) is 23.9. The Kier molecular flexibility index (Phi) is 15.5. The molecule has 4 unspecified atom stereocenters. The number of rotatable bonds is 20. The van der Waals surface area contributed by atoms with Gasteiger partial charge >= 0.3 is 8.80 Å². The van der Waals surface area contributed by atoms with E-state index >= 15 is 0 Å². The summed E-state index contributed by atoms with van der Waals surface area (Å²) in [5, 5.41) is 0. The van der Waals surface area contributed by atoms with Crippen LogP contribution in [0.25, 0.3) is 0 Å². The largest absolute Gasteiger partial charge is 0.531 e. The van der Waals surface area contributed by atoms with E-state index in [9.17, 15) is 0 Å². The Hall–Kier alpha value is -0.0631. The van der Waals surface area contributed by atoms with Crippen molar-refractivity contribution < 1.29 is 32.2 Å². The summed E-state index contributed by atoms with van der Waals surface area (Å²) in [4.78, 5) is 0. The van der Waals surface area contributed by atoms with Crippen LogP contribution in [0.1, 0.15) is 106 Å². The monoisotopic (exact) mass is 478 g/mol. The summed E-state index contributed by atoms with van der Waals surface area (Å²) in [6, 6.07) is 0. The standard InChI is InChI=1S/C24H50O7Si/c1-8-14-17-26-32(27-18-15-9-2,28-19-16-10-3)23(12-5)29-22(11-4)31-24(13-6)25-20-21(7)30-24/h21-23H,8-20H2,1-7H3. The third kappa shape index (κ3) is 9.66. The lowest BCUT2D eigenvalue weighted by Gasteiger charge is -2.38. The van der Waals surface area contributed by atoms with Crippen LogP contribution in [0.5, 0.6) is 0 Å². The van der Waals surface area contributed by atoms with Gasteiger partial charge in [0.05, 0.1) is 12.7 Å². The highest BCUT2D eigenvalue weighted by atomic mass is 28.4. The van der Waals surface area contributed by atoms with E-state index in [2.05, 4.69) is 27.7 Å².